The summed E-state index contributed by atoms with van der Waals surface area (Å²) in [6, 6.07) is 76.6. The van der Waals surface area contributed by atoms with Gasteiger partial charge in [0.1, 0.15) is 0 Å². The molecule has 3 nitrogen and oxygen atoms in total. The number of hydrogen-bond acceptors (Lipinski definition) is 3. The van der Waals surface area contributed by atoms with Gasteiger partial charge in [-0.15, -0.1) is 0 Å². The second kappa shape index (κ2) is 17.2. The van der Waals surface area contributed by atoms with Crippen molar-refractivity contribution in [3.05, 3.63) is 254 Å². The van der Waals surface area contributed by atoms with Crippen LogP contribution in [0.2, 0.25) is 0 Å². The normalized spacial score (nSPS) is 13.3. The van der Waals surface area contributed by atoms with Gasteiger partial charge >= 0.3 is 434 Å². The molecule has 334 valence electrons. The van der Waals surface area contributed by atoms with E-state index in [1.165, 1.54) is 4.46 Å². The first kappa shape index (κ1) is 37.0. The van der Waals surface area contributed by atoms with Crippen molar-refractivity contribution in [2.24, 2.45) is 0 Å². The topological polar surface area (TPSA) is 40.2 Å². The van der Waals surface area contributed by atoms with Gasteiger partial charge in [-0.05, 0) is 0 Å². The first-order valence-electron chi connectivity index (χ1n) is 26.5. The third kappa shape index (κ3) is 6.80. The Morgan fingerprint density at radius 3 is 1.75 bits per heavy atom. The molecule has 2 aliphatic rings. The van der Waals surface area contributed by atoms with Gasteiger partial charge in [-0.25, -0.2) is 0 Å². The molecule has 0 amide bonds. The van der Waals surface area contributed by atoms with Crippen LogP contribution in [-0.4, -0.2) is 21.7 Å². The molecule has 0 saturated carbocycles. The Morgan fingerprint density at radius 2 is 1.06 bits per heavy atom. The number of para-hydroxylation sites is 1. The summed E-state index contributed by atoms with van der Waals surface area (Å²) in [7, 11) is 0. The second-order valence-electron chi connectivity index (χ2n) is 18.2. The van der Waals surface area contributed by atoms with Gasteiger partial charge in [0.2, 0.25) is 0 Å². The van der Waals surface area contributed by atoms with Crippen molar-refractivity contribution >= 4 is 86.0 Å². The van der Waals surface area contributed by atoms with Crippen LogP contribution in [0, 0.1) is 11.3 Å². The van der Waals surface area contributed by atoms with Gasteiger partial charge < -0.3 is 0 Å². The average Bonchev–Trinajstić information content (AvgIpc) is 4.10. The van der Waals surface area contributed by atoms with Crippen LogP contribution in [-0.2, 0) is 0 Å². The minimum absolute atomic E-state index is 0.153. The summed E-state index contributed by atoms with van der Waals surface area (Å²) in [4.78, 5) is 2.44. The van der Waals surface area contributed by atoms with E-state index in [0.29, 0.717) is 11.1 Å². The van der Waals surface area contributed by atoms with Crippen LogP contribution in [0.25, 0.3) is 88.7 Å². The molecule has 0 atom stereocenters. The van der Waals surface area contributed by atoms with Gasteiger partial charge in [0.05, 0.1) is 0 Å². The predicted molar refractivity (Wildman–Crippen MR) is 302 cm³/mol. The van der Waals surface area contributed by atoms with E-state index < -0.39 is 6.04 Å². The first-order chi connectivity index (χ1) is 37.7. The number of hydrogen-bond donors (Lipinski definition) is 0. The summed E-state index contributed by atoms with van der Waals surface area (Å²) in [5.41, 5.74) is 19.3. The summed E-state index contributed by atoms with van der Waals surface area (Å²) in [5, 5.41) is 12.1. The van der Waals surface area contributed by atoms with Crippen molar-refractivity contribution in [2.75, 3.05) is 4.90 Å². The number of furan rings is 1. The van der Waals surface area contributed by atoms with E-state index in [9.17, 15) is 8.00 Å². The van der Waals surface area contributed by atoms with Gasteiger partial charge in [-0.2, -0.15) is 0 Å². The second-order valence-corrected chi connectivity index (χ2v) is 20.4. The Morgan fingerprint density at radius 1 is 0.458 bits per heavy atom. The molecule has 0 saturated heterocycles. The zero-order valence-electron chi connectivity index (χ0n) is 43.6. The average molecular weight is 985 g/mol. The van der Waals surface area contributed by atoms with Crippen LogP contribution >= 0.6 is 0 Å². The molecular formula is C67H41BN2OSe. The minimum atomic E-state index is -0.429. The number of benzene rings is 11. The summed E-state index contributed by atoms with van der Waals surface area (Å²) in [6.45, 7) is -0.361. The molecule has 0 unspecified atom stereocenters. The molecule has 14 rings (SSSR count). The molecular weight excluding hydrogens is 939 g/mol. The summed E-state index contributed by atoms with van der Waals surface area (Å²) in [5.74, 6) is 0. The van der Waals surface area contributed by atoms with Crippen LogP contribution < -0.4 is 30.2 Å². The van der Waals surface area contributed by atoms with E-state index in [-0.39, 0.29) is 51.4 Å². The molecule has 0 radical (unpaired) electrons. The fraction of sp³-hybridized carbons (Fsp3) is 0. The van der Waals surface area contributed by atoms with Crippen molar-refractivity contribution in [1.29, 1.82) is 5.26 Å². The number of nitriles is 1. The Kier molecular flexibility index (Phi) is 8.84. The Hall–Kier alpha value is -8.91. The molecule has 12 aromatic rings. The van der Waals surface area contributed by atoms with E-state index in [0.717, 1.165) is 115 Å². The van der Waals surface area contributed by atoms with Crippen molar-refractivity contribution in [2.45, 2.75) is 0 Å². The van der Waals surface area contributed by atoms with Gasteiger partial charge in [0, 0.05) is 0 Å². The van der Waals surface area contributed by atoms with E-state index in [1.807, 2.05) is 54.6 Å². The van der Waals surface area contributed by atoms with Crippen molar-refractivity contribution in [3.63, 3.8) is 0 Å². The van der Waals surface area contributed by atoms with Crippen molar-refractivity contribution in [3.8, 4) is 72.8 Å². The standard InChI is InChI=1S/C67H41BN2OSe/c69-42-49-26-13-14-27-51(49)48-32-34-56-57-35-36-58-67(66(57)71-62(56)40-48)72-63-41-50(53-29-16-15-28-52(53)44-20-7-2-8-21-44)39-61-64(63)68(58)59-38-47(43-18-5-1-6-19-43)33-37-60(59)70(61)65-54(45-22-9-3-10-23-45)30-17-31-55(65)46-24-11-4-12-25-46/h1-41H/i1D,5D,6D,18D,19D. The van der Waals surface area contributed by atoms with Crippen LogP contribution in [0.3, 0.4) is 0 Å². The molecule has 0 bridgehead atoms. The Labute approximate surface area is 432 Å². The fourth-order valence-corrected chi connectivity index (χ4v) is 13.8. The molecule has 72 heavy (non-hydrogen) atoms. The Balaban J connectivity index is 1.10. The van der Waals surface area contributed by atoms with Crippen LogP contribution in [0.5, 0.6) is 0 Å². The quantitative estimate of drug-likeness (QED) is 0.149. The molecule has 1 aromatic heterocycles. The molecule has 0 spiro atoms. The van der Waals surface area contributed by atoms with Crippen LogP contribution in [0.4, 0.5) is 17.1 Å². The maximum atomic E-state index is 10.1. The molecule has 11 aromatic carbocycles. The molecule has 3 heterocycles. The first-order valence-corrected chi connectivity index (χ1v) is 25.7. The van der Waals surface area contributed by atoms with E-state index >= 15 is 0 Å². The molecule has 5 heteroatoms. The SMILES string of the molecule is [2H]c1c([2H])c([2H])c(-c2ccc3c(c2)B2c4ccc5c(oc6cc(-c7ccccc7C#N)ccc65)c4[Se]c4cc(-c5ccccc5-c5ccccc5)cc(c42)N3c2c(-c3ccccc3)cccc2-c2ccccc2)c([2H])c1[2H]. The Bertz CT molecular complexity index is 4380. The summed E-state index contributed by atoms with van der Waals surface area (Å²) < 4.78 is 53.9. The van der Waals surface area contributed by atoms with Gasteiger partial charge in [-0.3, -0.25) is 0 Å². The van der Waals surface area contributed by atoms with Gasteiger partial charge in [0.15, 0.2) is 0 Å². The van der Waals surface area contributed by atoms with E-state index in [4.69, 9.17) is 8.53 Å². The van der Waals surface area contributed by atoms with Crippen LogP contribution in [0.15, 0.2) is 253 Å². The third-order valence-corrected chi connectivity index (χ3v) is 16.8. The van der Waals surface area contributed by atoms with Crippen LogP contribution in [0.1, 0.15) is 12.4 Å². The van der Waals surface area contributed by atoms with Gasteiger partial charge in [0.25, 0.3) is 0 Å². The van der Waals surface area contributed by atoms with Crippen molar-refractivity contribution in [1.82, 2.24) is 0 Å². The number of anilines is 3. The molecule has 2 aliphatic heterocycles. The maximum absolute atomic E-state index is 10.1. The third-order valence-electron chi connectivity index (χ3n) is 14.3. The zero-order valence-corrected chi connectivity index (χ0v) is 40.3. The molecule has 0 N–H and O–H groups in total. The fourth-order valence-electron chi connectivity index (χ4n) is 11.1. The van der Waals surface area contributed by atoms with E-state index in [2.05, 4.69) is 175 Å². The zero-order chi connectivity index (χ0) is 52.1. The molecule has 0 aliphatic carbocycles. The van der Waals surface area contributed by atoms with Crippen molar-refractivity contribution < 1.29 is 11.3 Å². The van der Waals surface area contributed by atoms with E-state index in [1.54, 1.807) is 0 Å². The summed E-state index contributed by atoms with van der Waals surface area (Å²) >= 11 is -0.313. The number of nitrogens with zero attached hydrogens (tertiary/aromatic N) is 2. The van der Waals surface area contributed by atoms with Gasteiger partial charge in [-0.1, -0.05) is 0 Å². The predicted octanol–water partition coefficient (Wildman–Crippen LogP) is 13.7. The number of rotatable bonds is 7. The number of fused-ring (bicyclic) bond motifs is 8. The molecule has 0 fully saturated rings. The monoisotopic (exact) mass is 985 g/mol. The summed E-state index contributed by atoms with van der Waals surface area (Å²) in [6.07, 6.45) is 0.